The largest absolute Gasteiger partial charge is 0.397 e. The average Bonchev–Trinajstić information content (AvgIpc) is 2.57. The number of anilines is 2. The first-order valence-electron chi connectivity index (χ1n) is 5.59. The van der Waals surface area contributed by atoms with Crippen molar-refractivity contribution < 1.29 is 13.5 Å². The Balaban J connectivity index is 2.32. The molecule has 1 unspecified atom stereocenters. The molecule has 7 heteroatoms. The second-order valence-electron chi connectivity index (χ2n) is 4.93. The van der Waals surface area contributed by atoms with E-state index in [9.17, 15) is 13.5 Å². The predicted molar refractivity (Wildman–Crippen MR) is 69.7 cm³/mol. The lowest BCUT2D eigenvalue weighted by Gasteiger charge is -2.22. The van der Waals surface area contributed by atoms with E-state index in [0.29, 0.717) is 25.2 Å². The van der Waals surface area contributed by atoms with Crippen molar-refractivity contribution in [1.82, 2.24) is 0 Å². The molecule has 0 amide bonds. The number of sulfonamides is 1. The molecule has 0 aromatic heterocycles. The zero-order chi connectivity index (χ0) is 13.6. The van der Waals surface area contributed by atoms with Crippen molar-refractivity contribution in [3.8, 4) is 0 Å². The minimum atomic E-state index is -3.74. The fourth-order valence-electron chi connectivity index (χ4n) is 2.15. The minimum Gasteiger partial charge on any atom is -0.397 e. The van der Waals surface area contributed by atoms with Gasteiger partial charge in [0.05, 0.1) is 21.9 Å². The highest BCUT2D eigenvalue weighted by atomic mass is 32.2. The van der Waals surface area contributed by atoms with Gasteiger partial charge in [-0.05, 0) is 31.5 Å². The molecule has 0 saturated carbocycles. The Kier molecular flexibility index (Phi) is 3.00. The lowest BCUT2D eigenvalue weighted by molar-refractivity contribution is 0.0839. The topological polar surface area (TPSA) is 110 Å². The van der Waals surface area contributed by atoms with E-state index < -0.39 is 15.6 Å². The van der Waals surface area contributed by atoms with Crippen LogP contribution in [0.3, 0.4) is 0 Å². The quantitative estimate of drug-likeness (QED) is 0.649. The van der Waals surface area contributed by atoms with Gasteiger partial charge in [-0.3, -0.25) is 0 Å². The van der Waals surface area contributed by atoms with Crippen LogP contribution in [0.2, 0.25) is 0 Å². The highest BCUT2D eigenvalue weighted by Gasteiger charge is 2.32. The Hall–Kier alpha value is -1.31. The first-order valence-corrected chi connectivity index (χ1v) is 7.13. The number of hydrogen-bond donors (Lipinski definition) is 3. The third kappa shape index (κ3) is 2.58. The van der Waals surface area contributed by atoms with E-state index in [1.54, 1.807) is 13.0 Å². The monoisotopic (exact) mass is 271 g/mol. The SMILES string of the molecule is CC1(O)CCN(c2ccc(S(N)(=O)=O)cc2N)C1. The van der Waals surface area contributed by atoms with Gasteiger partial charge in [0.1, 0.15) is 0 Å². The van der Waals surface area contributed by atoms with E-state index in [1.165, 1.54) is 12.1 Å². The van der Waals surface area contributed by atoms with Crippen molar-refractivity contribution in [3.63, 3.8) is 0 Å². The number of nitrogens with two attached hydrogens (primary N) is 2. The van der Waals surface area contributed by atoms with E-state index in [2.05, 4.69) is 0 Å². The van der Waals surface area contributed by atoms with Crippen molar-refractivity contribution in [1.29, 1.82) is 0 Å². The molecule has 18 heavy (non-hydrogen) atoms. The molecule has 5 N–H and O–H groups in total. The van der Waals surface area contributed by atoms with Crippen LogP contribution in [-0.4, -0.2) is 32.2 Å². The molecule has 0 spiro atoms. The first-order chi connectivity index (χ1) is 8.19. The van der Waals surface area contributed by atoms with Crippen LogP contribution in [0.1, 0.15) is 13.3 Å². The van der Waals surface area contributed by atoms with Gasteiger partial charge in [0.25, 0.3) is 0 Å². The van der Waals surface area contributed by atoms with E-state index >= 15 is 0 Å². The van der Waals surface area contributed by atoms with Gasteiger partial charge in [0.2, 0.25) is 10.0 Å². The summed E-state index contributed by atoms with van der Waals surface area (Å²) in [6.45, 7) is 2.93. The predicted octanol–water partition coefficient (Wildman–Crippen LogP) is -0.123. The van der Waals surface area contributed by atoms with Gasteiger partial charge in [0, 0.05) is 13.1 Å². The molecule has 1 aliphatic heterocycles. The molecule has 6 nitrogen and oxygen atoms in total. The van der Waals surface area contributed by atoms with E-state index in [-0.39, 0.29) is 4.90 Å². The number of aliphatic hydroxyl groups is 1. The van der Waals surface area contributed by atoms with Crippen LogP contribution in [-0.2, 0) is 10.0 Å². The summed E-state index contributed by atoms with van der Waals surface area (Å²) in [6, 6.07) is 4.39. The summed E-state index contributed by atoms with van der Waals surface area (Å²) in [4.78, 5) is 1.93. The molecule has 0 bridgehead atoms. The summed E-state index contributed by atoms with van der Waals surface area (Å²) >= 11 is 0. The molecule has 0 radical (unpaired) electrons. The normalized spacial score (nSPS) is 24.5. The Morgan fingerprint density at radius 2 is 2.11 bits per heavy atom. The molecule has 2 rings (SSSR count). The van der Waals surface area contributed by atoms with Crippen molar-refractivity contribution in [2.24, 2.45) is 5.14 Å². The Morgan fingerprint density at radius 1 is 1.44 bits per heavy atom. The zero-order valence-electron chi connectivity index (χ0n) is 10.1. The van der Waals surface area contributed by atoms with Crippen LogP contribution in [0, 0.1) is 0 Å². The van der Waals surface area contributed by atoms with Crippen LogP contribution in [0.5, 0.6) is 0 Å². The molecule has 1 heterocycles. The van der Waals surface area contributed by atoms with Crippen LogP contribution >= 0.6 is 0 Å². The maximum Gasteiger partial charge on any atom is 0.238 e. The van der Waals surface area contributed by atoms with Gasteiger partial charge in [0.15, 0.2) is 0 Å². The highest BCUT2D eigenvalue weighted by Crippen LogP contribution is 2.31. The third-order valence-corrected chi connectivity index (χ3v) is 4.03. The molecule has 1 saturated heterocycles. The minimum absolute atomic E-state index is 0.00490. The van der Waals surface area contributed by atoms with Crippen molar-refractivity contribution in [3.05, 3.63) is 18.2 Å². The smallest absolute Gasteiger partial charge is 0.238 e. The number of nitrogens with zero attached hydrogens (tertiary/aromatic N) is 1. The molecule has 0 aliphatic carbocycles. The van der Waals surface area contributed by atoms with Gasteiger partial charge in [-0.25, -0.2) is 13.6 Å². The van der Waals surface area contributed by atoms with E-state index in [1.807, 2.05) is 4.90 Å². The number of β-amino-alcohol motifs (C(OH)–C–C–N with tert-alkyl or cyclic N) is 1. The van der Waals surface area contributed by atoms with E-state index in [0.717, 1.165) is 5.69 Å². The highest BCUT2D eigenvalue weighted by molar-refractivity contribution is 7.89. The van der Waals surface area contributed by atoms with Crippen LogP contribution in [0.4, 0.5) is 11.4 Å². The van der Waals surface area contributed by atoms with Gasteiger partial charge in [-0.1, -0.05) is 0 Å². The molecular formula is C11H17N3O3S. The number of rotatable bonds is 2. The molecular weight excluding hydrogens is 254 g/mol. The third-order valence-electron chi connectivity index (χ3n) is 3.12. The summed E-state index contributed by atoms with van der Waals surface area (Å²) in [5, 5.41) is 14.9. The Labute approximate surface area is 106 Å². The fraction of sp³-hybridized carbons (Fsp3) is 0.455. The zero-order valence-corrected chi connectivity index (χ0v) is 10.9. The van der Waals surface area contributed by atoms with Crippen molar-refractivity contribution >= 4 is 21.4 Å². The Morgan fingerprint density at radius 3 is 2.56 bits per heavy atom. The molecule has 1 atom stereocenters. The van der Waals surface area contributed by atoms with Crippen molar-refractivity contribution in [2.45, 2.75) is 23.8 Å². The second kappa shape index (κ2) is 4.11. The second-order valence-corrected chi connectivity index (χ2v) is 6.50. The van der Waals surface area contributed by atoms with Crippen LogP contribution in [0.25, 0.3) is 0 Å². The average molecular weight is 271 g/mol. The molecule has 100 valence electrons. The molecule has 1 fully saturated rings. The maximum atomic E-state index is 11.2. The summed E-state index contributed by atoms with van der Waals surface area (Å²) in [7, 11) is -3.74. The lowest BCUT2D eigenvalue weighted by Crippen LogP contribution is -2.30. The van der Waals surface area contributed by atoms with Gasteiger partial charge < -0.3 is 15.7 Å². The maximum absolute atomic E-state index is 11.2. The van der Waals surface area contributed by atoms with E-state index in [4.69, 9.17) is 10.9 Å². The van der Waals surface area contributed by atoms with Gasteiger partial charge in [-0.15, -0.1) is 0 Å². The summed E-state index contributed by atoms with van der Waals surface area (Å²) in [6.07, 6.45) is 0.656. The molecule has 1 aliphatic rings. The van der Waals surface area contributed by atoms with Crippen molar-refractivity contribution in [2.75, 3.05) is 23.7 Å². The molecule has 1 aromatic rings. The van der Waals surface area contributed by atoms with Crippen LogP contribution < -0.4 is 15.8 Å². The number of hydrogen-bond acceptors (Lipinski definition) is 5. The van der Waals surface area contributed by atoms with Gasteiger partial charge in [-0.2, -0.15) is 0 Å². The van der Waals surface area contributed by atoms with Crippen LogP contribution in [0.15, 0.2) is 23.1 Å². The van der Waals surface area contributed by atoms with Gasteiger partial charge >= 0.3 is 0 Å². The summed E-state index contributed by atoms with van der Waals surface area (Å²) < 4.78 is 22.4. The number of nitrogen functional groups attached to an aromatic ring is 1. The number of primary sulfonamides is 1. The fourth-order valence-corrected chi connectivity index (χ4v) is 2.70. The summed E-state index contributed by atoms with van der Waals surface area (Å²) in [5.41, 5.74) is 6.18. The summed E-state index contributed by atoms with van der Waals surface area (Å²) in [5.74, 6) is 0. The Bertz CT molecular complexity index is 569. The standard InChI is InChI=1S/C11H17N3O3S/c1-11(15)4-5-14(7-11)10-3-2-8(6-9(10)12)18(13,16)17/h2-3,6,15H,4-5,7,12H2,1H3,(H2,13,16,17). The number of benzene rings is 1. The lowest BCUT2D eigenvalue weighted by atomic mass is 10.1. The molecule has 1 aromatic carbocycles. The first kappa shape index (κ1) is 13.1.